The monoisotopic (exact) mass is 278 g/mol. The zero-order valence-corrected chi connectivity index (χ0v) is 11.5. The number of aryl methyl sites for hydroxylation is 1. The van der Waals surface area contributed by atoms with Crippen molar-refractivity contribution in [1.29, 1.82) is 0 Å². The van der Waals surface area contributed by atoms with Gasteiger partial charge in [-0.05, 0) is 31.2 Å². The molecule has 0 bridgehead atoms. The van der Waals surface area contributed by atoms with E-state index >= 15 is 0 Å². The number of hydrogen-bond donors (Lipinski definition) is 1. The second-order valence-corrected chi connectivity index (χ2v) is 5.78. The third kappa shape index (κ3) is 2.68. The molecule has 0 amide bonds. The number of rotatable bonds is 2. The summed E-state index contributed by atoms with van der Waals surface area (Å²) in [5.74, 6) is -0.223. The number of halogens is 1. The second-order valence-electron chi connectivity index (χ2n) is 4.55. The molecular formula is C14H15FN2OS. The molecule has 3 rings (SSSR count). The average Bonchev–Trinajstić information content (AvgIpc) is 2.83. The molecule has 1 fully saturated rings. The van der Waals surface area contributed by atoms with Gasteiger partial charge in [-0.15, -0.1) is 11.3 Å². The smallest absolute Gasteiger partial charge is 0.123 e. The van der Waals surface area contributed by atoms with Crippen LogP contribution in [-0.2, 0) is 4.74 Å². The van der Waals surface area contributed by atoms with E-state index < -0.39 is 0 Å². The predicted molar refractivity (Wildman–Crippen MR) is 73.8 cm³/mol. The van der Waals surface area contributed by atoms with Crippen LogP contribution in [0, 0.1) is 12.7 Å². The summed E-state index contributed by atoms with van der Waals surface area (Å²) in [5, 5.41) is 4.44. The molecule has 1 saturated heterocycles. The van der Waals surface area contributed by atoms with Gasteiger partial charge < -0.3 is 10.1 Å². The van der Waals surface area contributed by atoms with Gasteiger partial charge in [-0.2, -0.15) is 0 Å². The number of hydrogen-bond acceptors (Lipinski definition) is 4. The highest BCUT2D eigenvalue weighted by Gasteiger charge is 2.20. The molecule has 100 valence electrons. The number of ether oxygens (including phenoxy) is 1. The lowest BCUT2D eigenvalue weighted by molar-refractivity contribution is 0.0768. The van der Waals surface area contributed by atoms with Gasteiger partial charge >= 0.3 is 0 Å². The molecule has 0 aliphatic carbocycles. The Hall–Kier alpha value is -1.30. The van der Waals surface area contributed by atoms with Gasteiger partial charge in [-0.1, -0.05) is 0 Å². The highest BCUT2D eigenvalue weighted by molar-refractivity contribution is 7.12. The molecular weight excluding hydrogens is 263 g/mol. The maximum Gasteiger partial charge on any atom is 0.123 e. The molecule has 1 aromatic heterocycles. The fraction of sp³-hybridized carbons (Fsp3) is 0.357. The minimum atomic E-state index is -0.223. The van der Waals surface area contributed by atoms with Crippen LogP contribution in [0.4, 0.5) is 4.39 Å². The molecule has 5 heteroatoms. The van der Waals surface area contributed by atoms with Crippen LogP contribution >= 0.6 is 11.3 Å². The number of nitrogens with one attached hydrogen (secondary N) is 1. The van der Waals surface area contributed by atoms with Crippen molar-refractivity contribution in [1.82, 2.24) is 10.3 Å². The van der Waals surface area contributed by atoms with E-state index in [1.54, 1.807) is 23.5 Å². The van der Waals surface area contributed by atoms with Gasteiger partial charge in [0.1, 0.15) is 10.8 Å². The van der Waals surface area contributed by atoms with Gasteiger partial charge in [0, 0.05) is 17.0 Å². The Balaban J connectivity index is 1.90. The molecule has 0 saturated carbocycles. The van der Waals surface area contributed by atoms with Crippen LogP contribution in [0.25, 0.3) is 11.3 Å². The lowest BCUT2D eigenvalue weighted by atomic mass is 10.1. The van der Waals surface area contributed by atoms with E-state index in [0.29, 0.717) is 6.61 Å². The van der Waals surface area contributed by atoms with Crippen LogP contribution in [0.3, 0.4) is 0 Å². The van der Waals surface area contributed by atoms with Gasteiger partial charge in [-0.25, -0.2) is 9.37 Å². The maximum atomic E-state index is 13.0. The quantitative estimate of drug-likeness (QED) is 0.917. The highest BCUT2D eigenvalue weighted by atomic mass is 32.1. The summed E-state index contributed by atoms with van der Waals surface area (Å²) in [5.41, 5.74) is 1.89. The summed E-state index contributed by atoms with van der Waals surface area (Å²) in [6.45, 7) is 4.32. The van der Waals surface area contributed by atoms with E-state index in [2.05, 4.69) is 10.3 Å². The summed E-state index contributed by atoms with van der Waals surface area (Å²) in [6, 6.07) is 6.65. The first-order valence-corrected chi connectivity index (χ1v) is 7.10. The van der Waals surface area contributed by atoms with Gasteiger partial charge in [0.2, 0.25) is 0 Å². The molecule has 0 radical (unpaired) electrons. The lowest BCUT2D eigenvalue weighted by Gasteiger charge is -2.21. The molecule has 1 unspecified atom stereocenters. The largest absolute Gasteiger partial charge is 0.378 e. The van der Waals surface area contributed by atoms with Crippen molar-refractivity contribution in [2.75, 3.05) is 19.8 Å². The van der Waals surface area contributed by atoms with Crippen LogP contribution in [0.15, 0.2) is 24.3 Å². The number of benzene rings is 1. The standard InChI is InChI=1S/C14H15FN2OS/c1-9-13(10-2-4-11(15)5-3-10)17-14(19-9)12-8-18-7-6-16-12/h2-5,12,16H,6-8H2,1H3. The van der Waals surface area contributed by atoms with Gasteiger partial charge in [-0.3, -0.25) is 0 Å². The molecule has 19 heavy (non-hydrogen) atoms. The van der Waals surface area contributed by atoms with Gasteiger partial charge in [0.05, 0.1) is 24.9 Å². The summed E-state index contributed by atoms with van der Waals surface area (Å²) < 4.78 is 18.4. The van der Waals surface area contributed by atoms with Crippen molar-refractivity contribution < 1.29 is 9.13 Å². The topological polar surface area (TPSA) is 34.1 Å². The fourth-order valence-corrected chi connectivity index (χ4v) is 3.17. The van der Waals surface area contributed by atoms with Crippen molar-refractivity contribution in [3.05, 3.63) is 40.0 Å². The molecule has 2 aromatic rings. The molecule has 1 aliphatic rings. The first-order valence-electron chi connectivity index (χ1n) is 6.28. The Bertz CT molecular complexity index is 561. The van der Waals surface area contributed by atoms with Crippen molar-refractivity contribution in [3.63, 3.8) is 0 Å². The molecule has 2 heterocycles. The number of morpholine rings is 1. The Kier molecular flexibility index (Phi) is 3.59. The van der Waals surface area contributed by atoms with Crippen LogP contribution in [0.5, 0.6) is 0 Å². The number of nitrogens with zero attached hydrogens (tertiary/aromatic N) is 1. The Labute approximate surface area is 115 Å². The number of thiazole rings is 1. The van der Waals surface area contributed by atoms with E-state index in [-0.39, 0.29) is 11.9 Å². The lowest BCUT2D eigenvalue weighted by Crippen LogP contribution is -2.34. The molecule has 3 nitrogen and oxygen atoms in total. The maximum absolute atomic E-state index is 13.0. The summed E-state index contributed by atoms with van der Waals surface area (Å²) in [7, 11) is 0. The van der Waals surface area contributed by atoms with Crippen LogP contribution in [0.1, 0.15) is 15.9 Å². The van der Waals surface area contributed by atoms with E-state index in [4.69, 9.17) is 4.74 Å². The zero-order valence-electron chi connectivity index (χ0n) is 10.6. The van der Waals surface area contributed by atoms with E-state index in [0.717, 1.165) is 34.3 Å². The highest BCUT2D eigenvalue weighted by Crippen LogP contribution is 2.31. The Morgan fingerprint density at radius 1 is 1.37 bits per heavy atom. The summed E-state index contributed by atoms with van der Waals surface area (Å²) in [6.07, 6.45) is 0. The number of aromatic nitrogens is 1. The first-order chi connectivity index (χ1) is 9.24. The Morgan fingerprint density at radius 3 is 2.84 bits per heavy atom. The van der Waals surface area contributed by atoms with Crippen LogP contribution < -0.4 is 5.32 Å². The van der Waals surface area contributed by atoms with Crippen molar-refractivity contribution in [3.8, 4) is 11.3 Å². The molecule has 0 spiro atoms. The third-order valence-electron chi connectivity index (χ3n) is 3.15. The summed E-state index contributed by atoms with van der Waals surface area (Å²) >= 11 is 1.67. The van der Waals surface area contributed by atoms with Gasteiger partial charge in [0.25, 0.3) is 0 Å². The van der Waals surface area contributed by atoms with Crippen molar-refractivity contribution in [2.24, 2.45) is 0 Å². The zero-order chi connectivity index (χ0) is 13.2. The molecule has 1 aliphatic heterocycles. The van der Waals surface area contributed by atoms with Crippen LogP contribution in [-0.4, -0.2) is 24.7 Å². The predicted octanol–water partition coefficient (Wildman–Crippen LogP) is 2.92. The normalized spacial score (nSPS) is 19.6. The average molecular weight is 278 g/mol. The molecule has 1 atom stereocenters. The molecule has 1 N–H and O–H groups in total. The SMILES string of the molecule is Cc1sc(C2COCCN2)nc1-c1ccc(F)cc1. The second kappa shape index (κ2) is 5.36. The molecule has 1 aromatic carbocycles. The minimum Gasteiger partial charge on any atom is -0.378 e. The Morgan fingerprint density at radius 2 is 2.16 bits per heavy atom. The summed E-state index contributed by atoms with van der Waals surface area (Å²) in [4.78, 5) is 5.83. The van der Waals surface area contributed by atoms with E-state index in [9.17, 15) is 4.39 Å². The van der Waals surface area contributed by atoms with Crippen molar-refractivity contribution >= 4 is 11.3 Å². The van der Waals surface area contributed by atoms with Crippen LogP contribution in [0.2, 0.25) is 0 Å². The van der Waals surface area contributed by atoms with E-state index in [1.165, 1.54) is 12.1 Å². The van der Waals surface area contributed by atoms with Gasteiger partial charge in [0.15, 0.2) is 0 Å². The van der Waals surface area contributed by atoms with Crippen molar-refractivity contribution in [2.45, 2.75) is 13.0 Å². The van der Waals surface area contributed by atoms with E-state index in [1.807, 2.05) is 6.92 Å². The third-order valence-corrected chi connectivity index (χ3v) is 4.24. The minimum absolute atomic E-state index is 0.173. The fourth-order valence-electron chi connectivity index (χ4n) is 2.17. The first kappa shape index (κ1) is 12.7.